The molecule has 0 radical (unpaired) electrons. The van der Waals surface area contributed by atoms with Crippen molar-refractivity contribution < 1.29 is 13.9 Å². The van der Waals surface area contributed by atoms with Crippen LogP contribution in [0, 0.1) is 5.82 Å². The van der Waals surface area contributed by atoms with E-state index in [0.717, 1.165) is 12.1 Å². The smallest absolute Gasteiger partial charge is 0.152 e. The second-order valence-corrected chi connectivity index (χ2v) is 4.62. The van der Waals surface area contributed by atoms with Crippen molar-refractivity contribution in [2.75, 3.05) is 18.1 Å². The van der Waals surface area contributed by atoms with Gasteiger partial charge in [0.15, 0.2) is 6.29 Å². The van der Waals surface area contributed by atoms with Crippen LogP contribution < -0.4 is 9.64 Å². The molecular weight excluding hydrogens is 257 g/mol. The number of carbonyl (C=O) groups excluding carboxylic acids is 1. The predicted octanol–water partition coefficient (Wildman–Crippen LogP) is 3.56. The topological polar surface area (TPSA) is 29.5 Å². The summed E-state index contributed by atoms with van der Waals surface area (Å²) in [5.41, 5.74) is 1.46. The molecule has 0 saturated carbocycles. The first-order valence-electron chi connectivity index (χ1n) is 6.54. The molecule has 0 N–H and O–H groups in total. The van der Waals surface area contributed by atoms with Crippen molar-refractivity contribution >= 4 is 17.7 Å². The number of hydrogen-bond acceptors (Lipinski definition) is 3. The maximum atomic E-state index is 14.2. The highest BCUT2D eigenvalue weighted by Gasteiger charge is 2.22. The van der Waals surface area contributed by atoms with Crippen molar-refractivity contribution in [3.8, 4) is 5.75 Å². The van der Waals surface area contributed by atoms with Crippen LogP contribution >= 0.6 is 0 Å². The van der Waals surface area contributed by atoms with Crippen LogP contribution in [0.3, 0.4) is 0 Å². The monoisotopic (exact) mass is 271 g/mol. The summed E-state index contributed by atoms with van der Waals surface area (Å²) in [5, 5.41) is 0. The molecule has 3 rings (SSSR count). The van der Waals surface area contributed by atoms with Crippen molar-refractivity contribution in [3.63, 3.8) is 0 Å². The number of halogens is 1. The molecule has 0 atom stereocenters. The molecule has 0 amide bonds. The van der Waals surface area contributed by atoms with Crippen LogP contribution in [0.15, 0.2) is 42.5 Å². The molecule has 1 heterocycles. The minimum Gasteiger partial charge on any atom is -0.491 e. The van der Waals surface area contributed by atoms with Crippen LogP contribution in [0.5, 0.6) is 5.75 Å². The number of nitrogens with zero attached hydrogens (tertiary/aromatic N) is 1. The largest absolute Gasteiger partial charge is 0.491 e. The summed E-state index contributed by atoms with van der Waals surface area (Å²) < 4.78 is 19.9. The Morgan fingerprint density at radius 3 is 2.85 bits per heavy atom. The van der Waals surface area contributed by atoms with E-state index < -0.39 is 5.82 Å². The number of para-hydroxylation sites is 3. The fourth-order valence-corrected chi connectivity index (χ4v) is 2.47. The van der Waals surface area contributed by atoms with E-state index in [-0.39, 0.29) is 0 Å². The molecule has 0 unspecified atom stereocenters. The quantitative estimate of drug-likeness (QED) is 0.782. The number of rotatable bonds is 2. The van der Waals surface area contributed by atoms with Gasteiger partial charge in [-0.25, -0.2) is 4.39 Å². The molecule has 0 saturated heterocycles. The lowest BCUT2D eigenvalue weighted by atomic mass is 10.1. The molecule has 0 fully saturated rings. The highest BCUT2D eigenvalue weighted by atomic mass is 19.1. The maximum absolute atomic E-state index is 14.2. The summed E-state index contributed by atoms with van der Waals surface area (Å²) in [6.45, 7) is 1.19. The zero-order valence-electron chi connectivity index (χ0n) is 10.9. The number of anilines is 2. The minimum atomic E-state index is -0.397. The minimum absolute atomic E-state index is 0.320. The van der Waals surface area contributed by atoms with Crippen LogP contribution in [0.4, 0.5) is 15.8 Å². The van der Waals surface area contributed by atoms with E-state index in [9.17, 15) is 9.18 Å². The van der Waals surface area contributed by atoms with Gasteiger partial charge < -0.3 is 9.64 Å². The van der Waals surface area contributed by atoms with E-state index in [1.54, 1.807) is 12.1 Å². The van der Waals surface area contributed by atoms with Crippen molar-refractivity contribution in [2.45, 2.75) is 6.42 Å². The Morgan fingerprint density at radius 1 is 1.15 bits per heavy atom. The van der Waals surface area contributed by atoms with E-state index in [2.05, 4.69) is 0 Å². The Bertz CT molecular complexity index is 642. The average Bonchev–Trinajstić information content (AvgIpc) is 2.69. The fraction of sp³-hybridized carbons (Fsp3) is 0.188. The molecular formula is C16H14FNO2. The first kappa shape index (κ1) is 12.7. The van der Waals surface area contributed by atoms with Gasteiger partial charge >= 0.3 is 0 Å². The Hall–Kier alpha value is -2.36. The molecule has 0 aliphatic carbocycles. The Labute approximate surface area is 116 Å². The lowest BCUT2D eigenvalue weighted by Gasteiger charge is -2.25. The van der Waals surface area contributed by atoms with Gasteiger partial charge in [-0.15, -0.1) is 0 Å². The van der Waals surface area contributed by atoms with Gasteiger partial charge in [0.05, 0.1) is 18.0 Å². The van der Waals surface area contributed by atoms with Gasteiger partial charge in [0.1, 0.15) is 11.6 Å². The molecule has 0 spiro atoms. The van der Waals surface area contributed by atoms with Gasteiger partial charge in [0.25, 0.3) is 0 Å². The normalized spacial score (nSPS) is 14.2. The van der Waals surface area contributed by atoms with Crippen LogP contribution in [-0.4, -0.2) is 19.4 Å². The number of hydrogen-bond donors (Lipinski definition) is 0. The van der Waals surface area contributed by atoms with Crippen molar-refractivity contribution in [1.82, 2.24) is 0 Å². The number of benzene rings is 2. The molecule has 4 heteroatoms. The van der Waals surface area contributed by atoms with Crippen LogP contribution in [0.25, 0.3) is 0 Å². The first-order chi connectivity index (χ1) is 9.81. The van der Waals surface area contributed by atoms with Gasteiger partial charge in [0.2, 0.25) is 0 Å². The second kappa shape index (κ2) is 5.33. The zero-order chi connectivity index (χ0) is 13.9. The lowest BCUT2D eigenvalue weighted by Crippen LogP contribution is -2.20. The summed E-state index contributed by atoms with van der Waals surface area (Å²) in [7, 11) is 0. The molecule has 20 heavy (non-hydrogen) atoms. The Morgan fingerprint density at radius 2 is 2.00 bits per heavy atom. The van der Waals surface area contributed by atoms with E-state index in [1.807, 2.05) is 29.2 Å². The number of carbonyl (C=O) groups is 1. The van der Waals surface area contributed by atoms with E-state index in [4.69, 9.17) is 4.74 Å². The van der Waals surface area contributed by atoms with Crippen molar-refractivity contribution in [1.29, 1.82) is 0 Å². The molecule has 2 aromatic carbocycles. The van der Waals surface area contributed by atoms with Gasteiger partial charge in [-0.1, -0.05) is 18.2 Å². The summed E-state index contributed by atoms with van der Waals surface area (Å²) >= 11 is 0. The van der Waals surface area contributed by atoms with Gasteiger partial charge in [0, 0.05) is 12.1 Å². The molecule has 0 bridgehead atoms. The SMILES string of the molecule is O=Cc1cccc(F)c1N1CCCOc2ccccc21. The third kappa shape index (κ3) is 2.13. The predicted molar refractivity (Wildman–Crippen MR) is 75.3 cm³/mol. The average molecular weight is 271 g/mol. The summed E-state index contributed by atoms with van der Waals surface area (Å²) in [4.78, 5) is 13.0. The number of aldehydes is 1. The van der Waals surface area contributed by atoms with E-state index >= 15 is 0 Å². The van der Waals surface area contributed by atoms with Crippen LogP contribution in [-0.2, 0) is 0 Å². The summed E-state index contributed by atoms with van der Waals surface area (Å²) in [6, 6.07) is 12.0. The summed E-state index contributed by atoms with van der Waals surface area (Å²) in [5.74, 6) is 0.316. The standard InChI is InChI=1S/C16H14FNO2/c17-13-6-3-5-12(11-19)16(13)18-9-4-10-20-15-8-2-1-7-14(15)18/h1-3,5-8,11H,4,9-10H2. The maximum Gasteiger partial charge on any atom is 0.152 e. The van der Waals surface area contributed by atoms with Crippen LogP contribution in [0.1, 0.15) is 16.8 Å². The third-order valence-corrected chi connectivity index (χ3v) is 3.35. The zero-order valence-corrected chi connectivity index (χ0v) is 10.9. The highest BCUT2D eigenvalue weighted by molar-refractivity contribution is 5.88. The Kier molecular flexibility index (Phi) is 3.37. The Balaban J connectivity index is 2.17. The molecule has 0 aromatic heterocycles. The third-order valence-electron chi connectivity index (χ3n) is 3.35. The van der Waals surface area contributed by atoms with Gasteiger partial charge in [-0.2, -0.15) is 0 Å². The van der Waals surface area contributed by atoms with E-state index in [1.165, 1.54) is 6.07 Å². The molecule has 2 aromatic rings. The fourth-order valence-electron chi connectivity index (χ4n) is 2.47. The summed E-state index contributed by atoms with van der Waals surface area (Å²) in [6.07, 6.45) is 1.45. The lowest BCUT2D eigenvalue weighted by molar-refractivity contribution is 0.112. The van der Waals surface area contributed by atoms with Gasteiger partial charge in [-0.3, -0.25) is 4.79 Å². The first-order valence-corrected chi connectivity index (χ1v) is 6.54. The number of fused-ring (bicyclic) bond motifs is 1. The number of ether oxygens (including phenoxy) is 1. The van der Waals surface area contributed by atoms with Crippen molar-refractivity contribution in [3.05, 3.63) is 53.8 Å². The van der Waals surface area contributed by atoms with Crippen LogP contribution in [0.2, 0.25) is 0 Å². The second-order valence-electron chi connectivity index (χ2n) is 4.62. The molecule has 102 valence electrons. The molecule has 1 aliphatic rings. The van der Waals surface area contributed by atoms with Gasteiger partial charge in [-0.05, 0) is 30.7 Å². The molecule has 3 nitrogen and oxygen atoms in total. The van der Waals surface area contributed by atoms with E-state index in [0.29, 0.717) is 36.4 Å². The van der Waals surface area contributed by atoms with Crippen molar-refractivity contribution in [2.24, 2.45) is 0 Å². The molecule has 1 aliphatic heterocycles. The highest BCUT2D eigenvalue weighted by Crippen LogP contribution is 2.38.